The summed E-state index contributed by atoms with van der Waals surface area (Å²) in [5.74, 6) is 0. The van der Waals surface area contributed by atoms with Gasteiger partial charge in [-0.1, -0.05) is 127 Å². The Morgan fingerprint density at radius 2 is 1.05 bits per heavy atom. The fourth-order valence-electron chi connectivity index (χ4n) is 9.03. The normalized spacial score (nSPS) is 11.8. The van der Waals surface area contributed by atoms with Gasteiger partial charge in [0, 0.05) is 61.3 Å². The molecular weight excluding hydrogens is 707 g/mol. The van der Waals surface area contributed by atoms with Crippen LogP contribution in [0.1, 0.15) is 0 Å². The zero-order valence-electron chi connectivity index (χ0n) is 31.5. The van der Waals surface area contributed by atoms with Gasteiger partial charge in [0.1, 0.15) is 11.2 Å². The molecule has 12 rings (SSSR count). The van der Waals surface area contributed by atoms with Gasteiger partial charge in [-0.25, -0.2) is 0 Å². The van der Waals surface area contributed by atoms with Crippen molar-refractivity contribution in [3.8, 4) is 22.5 Å². The van der Waals surface area contributed by atoms with E-state index >= 15 is 0 Å². The van der Waals surface area contributed by atoms with E-state index in [4.69, 9.17) is 4.42 Å². The molecule has 0 spiro atoms. The van der Waals surface area contributed by atoms with E-state index in [0.717, 1.165) is 61.5 Å². The largest absolute Gasteiger partial charge is 0.456 e. The minimum Gasteiger partial charge on any atom is -0.456 e. The van der Waals surface area contributed by atoms with E-state index in [-0.39, 0.29) is 0 Å². The zero-order valence-corrected chi connectivity index (χ0v) is 31.5. The van der Waals surface area contributed by atoms with Crippen LogP contribution in [0.15, 0.2) is 217 Å². The molecule has 0 saturated carbocycles. The molecule has 0 aliphatic carbocycles. The molecule has 0 unspecified atom stereocenters. The van der Waals surface area contributed by atoms with Crippen molar-refractivity contribution in [2.75, 3.05) is 4.90 Å². The third kappa shape index (κ3) is 5.02. The third-order valence-corrected chi connectivity index (χ3v) is 11.7. The van der Waals surface area contributed by atoms with Gasteiger partial charge in [0.25, 0.3) is 0 Å². The molecular formula is C54H35N3O. The predicted octanol–water partition coefficient (Wildman–Crippen LogP) is 14.9. The number of para-hydroxylation sites is 3. The van der Waals surface area contributed by atoms with Crippen molar-refractivity contribution in [1.29, 1.82) is 0 Å². The van der Waals surface area contributed by atoms with Gasteiger partial charge in [0.15, 0.2) is 0 Å². The Hall–Kier alpha value is -7.82. The van der Waals surface area contributed by atoms with E-state index in [9.17, 15) is 0 Å². The van der Waals surface area contributed by atoms with Gasteiger partial charge in [-0.3, -0.25) is 0 Å². The van der Waals surface area contributed by atoms with Gasteiger partial charge in [-0.15, -0.1) is 0 Å². The van der Waals surface area contributed by atoms with Crippen LogP contribution in [0.4, 0.5) is 17.1 Å². The minimum absolute atomic E-state index is 0.886. The summed E-state index contributed by atoms with van der Waals surface area (Å²) in [4.78, 5) is 2.37. The first-order valence-electron chi connectivity index (χ1n) is 19.8. The highest BCUT2D eigenvalue weighted by Crippen LogP contribution is 2.43. The van der Waals surface area contributed by atoms with Crippen LogP contribution < -0.4 is 4.90 Å². The van der Waals surface area contributed by atoms with Crippen molar-refractivity contribution in [3.05, 3.63) is 212 Å². The maximum Gasteiger partial charge on any atom is 0.135 e. The average molecular weight is 742 g/mol. The van der Waals surface area contributed by atoms with E-state index in [0.29, 0.717) is 0 Å². The summed E-state index contributed by atoms with van der Waals surface area (Å²) < 4.78 is 11.0. The summed E-state index contributed by atoms with van der Waals surface area (Å²) in [5.41, 5.74) is 13.3. The van der Waals surface area contributed by atoms with E-state index < -0.39 is 0 Å². The van der Waals surface area contributed by atoms with Crippen molar-refractivity contribution in [2.45, 2.75) is 0 Å². The van der Waals surface area contributed by atoms with Gasteiger partial charge >= 0.3 is 0 Å². The molecule has 3 heterocycles. The van der Waals surface area contributed by atoms with E-state index in [1.165, 1.54) is 43.5 Å². The number of hydrogen-bond donors (Lipinski definition) is 0. The first kappa shape index (κ1) is 32.4. The molecule has 0 fully saturated rings. The number of anilines is 3. The summed E-state index contributed by atoms with van der Waals surface area (Å²) in [6.45, 7) is 0. The van der Waals surface area contributed by atoms with Crippen LogP contribution in [0, 0.1) is 0 Å². The summed E-state index contributed by atoms with van der Waals surface area (Å²) in [6, 6.07) is 74.0. The van der Waals surface area contributed by atoms with Crippen molar-refractivity contribution < 1.29 is 4.42 Å². The Kier molecular flexibility index (Phi) is 7.20. The lowest BCUT2D eigenvalue weighted by molar-refractivity contribution is 0.669. The molecule has 0 radical (unpaired) electrons. The highest BCUT2D eigenvalue weighted by molar-refractivity contribution is 6.18. The standard InChI is InChI=1S/C54H35N3O/c1-2-13-40(14-3-1)55-34-33-39-25-31-47-45-16-6-8-18-50(45)57(54(47)53(39)55)42-28-23-37(24-29-42)36-21-26-41(27-22-36)56(49-19-10-12-38-11-4-5-15-44(38)49)43-30-32-52-48(35-43)46-17-7-9-20-51(46)58-52/h1-35H. The second-order valence-corrected chi connectivity index (χ2v) is 15.0. The van der Waals surface area contributed by atoms with E-state index in [2.05, 4.69) is 214 Å². The third-order valence-electron chi connectivity index (χ3n) is 11.7. The summed E-state index contributed by atoms with van der Waals surface area (Å²) >= 11 is 0. The maximum absolute atomic E-state index is 6.23. The molecule has 0 N–H and O–H groups in total. The molecule has 58 heavy (non-hydrogen) atoms. The first-order chi connectivity index (χ1) is 28.8. The zero-order chi connectivity index (χ0) is 38.2. The van der Waals surface area contributed by atoms with Gasteiger partial charge in [-0.2, -0.15) is 0 Å². The van der Waals surface area contributed by atoms with Gasteiger partial charge in [-0.05, 0) is 95.4 Å². The van der Waals surface area contributed by atoms with Gasteiger partial charge in [0.05, 0.1) is 22.2 Å². The number of rotatable bonds is 6. The number of fused-ring (bicyclic) bond motifs is 9. The van der Waals surface area contributed by atoms with Crippen LogP contribution in [0.2, 0.25) is 0 Å². The number of nitrogens with zero attached hydrogens (tertiary/aromatic N) is 3. The van der Waals surface area contributed by atoms with Crippen LogP contribution in [0.3, 0.4) is 0 Å². The fraction of sp³-hybridized carbons (Fsp3) is 0. The monoisotopic (exact) mass is 741 g/mol. The topological polar surface area (TPSA) is 26.2 Å². The second-order valence-electron chi connectivity index (χ2n) is 15.0. The van der Waals surface area contributed by atoms with Crippen molar-refractivity contribution in [2.24, 2.45) is 0 Å². The SMILES string of the molecule is c1ccc(-n2ccc3ccc4c5ccccc5n(-c5ccc(-c6ccc(N(c7ccc8oc9ccccc9c8c7)c7cccc8ccccc78)cc6)cc5)c4c32)cc1. The Balaban J connectivity index is 0.966. The van der Waals surface area contributed by atoms with Gasteiger partial charge < -0.3 is 18.5 Å². The Labute approximate surface area is 334 Å². The quantitative estimate of drug-likeness (QED) is 0.170. The lowest BCUT2D eigenvalue weighted by Gasteiger charge is -2.27. The Bertz CT molecular complexity index is 3490. The van der Waals surface area contributed by atoms with Crippen LogP contribution in [0.25, 0.3) is 87.9 Å². The van der Waals surface area contributed by atoms with Crippen molar-refractivity contribution in [3.63, 3.8) is 0 Å². The molecule has 0 aliphatic heterocycles. The van der Waals surface area contributed by atoms with Crippen molar-refractivity contribution in [1.82, 2.24) is 9.13 Å². The molecule has 0 aliphatic rings. The Morgan fingerprint density at radius 3 is 1.90 bits per heavy atom. The lowest BCUT2D eigenvalue weighted by Crippen LogP contribution is -2.10. The van der Waals surface area contributed by atoms with Crippen LogP contribution in [-0.2, 0) is 0 Å². The Morgan fingerprint density at radius 1 is 0.379 bits per heavy atom. The second kappa shape index (κ2) is 12.9. The molecule has 12 aromatic rings. The number of hydrogen-bond acceptors (Lipinski definition) is 2. The summed E-state index contributed by atoms with van der Waals surface area (Å²) in [7, 11) is 0. The highest BCUT2D eigenvalue weighted by Gasteiger charge is 2.20. The molecule has 0 amide bonds. The average Bonchev–Trinajstić information content (AvgIpc) is 3.99. The smallest absolute Gasteiger partial charge is 0.135 e. The van der Waals surface area contributed by atoms with Gasteiger partial charge in [0.2, 0.25) is 0 Å². The van der Waals surface area contributed by atoms with E-state index in [1.807, 2.05) is 12.1 Å². The van der Waals surface area contributed by atoms with Crippen molar-refractivity contribution >= 4 is 82.5 Å². The predicted molar refractivity (Wildman–Crippen MR) is 243 cm³/mol. The molecule has 3 aromatic heterocycles. The fourth-order valence-corrected chi connectivity index (χ4v) is 9.03. The van der Waals surface area contributed by atoms with Crippen LogP contribution in [0.5, 0.6) is 0 Å². The highest BCUT2D eigenvalue weighted by atomic mass is 16.3. The molecule has 0 saturated heterocycles. The molecule has 0 atom stereocenters. The molecule has 9 aromatic carbocycles. The molecule has 0 bridgehead atoms. The van der Waals surface area contributed by atoms with Crippen LogP contribution >= 0.6 is 0 Å². The number of benzene rings is 9. The molecule has 4 nitrogen and oxygen atoms in total. The van der Waals surface area contributed by atoms with E-state index in [1.54, 1.807) is 0 Å². The number of aromatic nitrogens is 2. The molecule has 272 valence electrons. The molecule has 4 heteroatoms. The first-order valence-corrected chi connectivity index (χ1v) is 19.8. The number of furan rings is 1. The minimum atomic E-state index is 0.886. The van der Waals surface area contributed by atoms with Crippen LogP contribution in [-0.4, -0.2) is 9.13 Å². The summed E-state index contributed by atoms with van der Waals surface area (Å²) in [5, 5.41) is 8.32. The lowest BCUT2D eigenvalue weighted by atomic mass is 10.0. The summed E-state index contributed by atoms with van der Waals surface area (Å²) in [6.07, 6.45) is 2.19. The maximum atomic E-state index is 6.23.